The van der Waals surface area contributed by atoms with Crippen LogP contribution in [-0.4, -0.2) is 28.2 Å². The van der Waals surface area contributed by atoms with Gasteiger partial charge in [-0.1, -0.05) is 58.9 Å². The van der Waals surface area contributed by atoms with Crippen LogP contribution in [0.4, 0.5) is 0 Å². The lowest BCUT2D eigenvalue weighted by molar-refractivity contribution is 1.28. The summed E-state index contributed by atoms with van der Waals surface area (Å²) >= 11 is 0. The van der Waals surface area contributed by atoms with E-state index in [0.717, 1.165) is 0 Å². The minimum atomic E-state index is -1.10. The van der Waals surface area contributed by atoms with Gasteiger partial charge in [-0.05, 0) is 4.03 Å². The Morgan fingerprint density at radius 2 is 0.714 bits per heavy atom. The maximum Gasteiger partial charge on any atom is 0.0491 e. The zero-order valence-electron chi connectivity index (χ0n) is 11.6. The molecule has 0 aliphatic rings. The molecule has 0 heterocycles. The number of rotatable bonds is 3. The fourth-order valence-corrected chi connectivity index (χ4v) is 30.4. The highest BCUT2D eigenvalue weighted by Crippen LogP contribution is 2.45. The van der Waals surface area contributed by atoms with Crippen LogP contribution in [0.15, 0.2) is 0 Å². The maximum atomic E-state index is 3.34. The van der Waals surface area contributed by atoms with Crippen LogP contribution in [0.25, 0.3) is 0 Å². The Morgan fingerprint density at radius 1 is 0.571 bits per heavy atom. The summed E-state index contributed by atoms with van der Waals surface area (Å²) in [5.74, 6) is 0. The van der Waals surface area contributed by atoms with Gasteiger partial charge in [0.05, 0.1) is 0 Å². The molecule has 1 atom stereocenters. The van der Waals surface area contributed by atoms with Crippen LogP contribution in [0.5, 0.6) is 0 Å². The molecule has 86 valence electrons. The molecule has 4 heteroatoms. The van der Waals surface area contributed by atoms with Gasteiger partial charge in [-0.2, -0.15) is 0 Å². The Morgan fingerprint density at radius 3 is 0.714 bits per heavy atom. The van der Waals surface area contributed by atoms with E-state index in [4.69, 9.17) is 0 Å². The second-order valence-electron chi connectivity index (χ2n) is 7.56. The van der Waals surface area contributed by atoms with E-state index in [-0.39, 0.29) is 0 Å². The summed E-state index contributed by atoms with van der Waals surface area (Å²) in [5.41, 5.74) is 0. The molecule has 0 bridgehead atoms. The second-order valence-corrected chi connectivity index (χ2v) is 27.5. The largest absolute Gasteiger partial charge is 0.140 e. The molecule has 14 heavy (non-hydrogen) atoms. The quantitative estimate of drug-likeness (QED) is 0.528. The second kappa shape index (κ2) is 3.83. The van der Waals surface area contributed by atoms with E-state index >= 15 is 0 Å². The van der Waals surface area contributed by atoms with Crippen LogP contribution in [-0.2, 0) is 0 Å². The maximum absolute atomic E-state index is 3.34. The molecule has 0 aliphatic heterocycles. The lowest BCUT2D eigenvalue weighted by Gasteiger charge is -2.56. The fourth-order valence-electron chi connectivity index (χ4n) is 3.38. The van der Waals surface area contributed by atoms with Crippen LogP contribution >= 0.6 is 9.24 Å². The minimum absolute atomic E-state index is 0.646. The zero-order chi connectivity index (χ0) is 12.0. The van der Waals surface area contributed by atoms with E-state index in [1.54, 1.807) is 0 Å². The van der Waals surface area contributed by atoms with Gasteiger partial charge in [0.2, 0.25) is 0 Å². The summed E-state index contributed by atoms with van der Waals surface area (Å²) in [6.45, 7) is 23.0. The number of hydrogen-bond acceptors (Lipinski definition) is 0. The van der Waals surface area contributed by atoms with E-state index in [2.05, 4.69) is 68.2 Å². The van der Waals surface area contributed by atoms with Crippen molar-refractivity contribution in [3.63, 3.8) is 0 Å². The van der Waals surface area contributed by atoms with Crippen molar-refractivity contribution in [3.05, 3.63) is 0 Å². The van der Waals surface area contributed by atoms with Crippen LogP contribution in [0.1, 0.15) is 0 Å². The molecule has 0 amide bonds. The molecule has 0 aliphatic carbocycles. The van der Waals surface area contributed by atoms with E-state index in [1.165, 1.54) is 0 Å². The van der Waals surface area contributed by atoms with Crippen molar-refractivity contribution in [1.29, 1.82) is 0 Å². The molecule has 0 radical (unpaired) electrons. The van der Waals surface area contributed by atoms with Crippen molar-refractivity contribution in [2.45, 2.75) is 62.9 Å². The monoisotopic (exact) mass is 264 g/mol. The highest BCUT2D eigenvalue weighted by atomic mass is 31.0. The van der Waals surface area contributed by atoms with E-state index in [9.17, 15) is 0 Å². The van der Waals surface area contributed by atoms with Crippen LogP contribution in [0, 0.1) is 0 Å². The lowest BCUT2D eigenvalue weighted by atomic mass is 11.6. The smallest absolute Gasteiger partial charge is 0.0491 e. The summed E-state index contributed by atoms with van der Waals surface area (Å²) in [6.07, 6.45) is 0. The summed E-state index contributed by atoms with van der Waals surface area (Å²) in [5, 5.41) is 0. The topological polar surface area (TPSA) is 0 Å². The van der Waals surface area contributed by atoms with Gasteiger partial charge in [0.15, 0.2) is 0 Å². The average Bonchev–Trinajstić information content (AvgIpc) is 1.77. The first-order chi connectivity index (χ1) is 5.75. The molecule has 0 aromatic heterocycles. The molecule has 0 aromatic rings. The van der Waals surface area contributed by atoms with Gasteiger partial charge in [-0.25, -0.2) is 0 Å². The van der Waals surface area contributed by atoms with Gasteiger partial charge in [0.25, 0.3) is 0 Å². The van der Waals surface area contributed by atoms with Gasteiger partial charge in [-0.3, -0.25) is 0 Å². The van der Waals surface area contributed by atoms with Crippen molar-refractivity contribution in [2.24, 2.45) is 0 Å². The Kier molecular flexibility index (Phi) is 4.13. The fraction of sp³-hybridized carbons (Fsp3) is 1.00. The van der Waals surface area contributed by atoms with Crippen molar-refractivity contribution in [2.75, 3.05) is 0 Å². The molecule has 0 rings (SSSR count). The lowest BCUT2D eigenvalue weighted by Crippen LogP contribution is -2.73. The Labute approximate surface area is 96.5 Å². The Balaban J connectivity index is 5.54. The van der Waals surface area contributed by atoms with Crippen molar-refractivity contribution >= 4 is 33.5 Å². The molecule has 0 saturated heterocycles. The van der Waals surface area contributed by atoms with E-state index < -0.39 is 24.2 Å². The Bertz CT molecular complexity index is 169. The third kappa shape index (κ3) is 2.42. The van der Waals surface area contributed by atoms with E-state index in [1.807, 2.05) is 0 Å². The standard InChI is InChI=1S/C10H29PSi3/c1-12(2,3)10(11,13(4,5)6)14(7,8)9/h11H2,1-9H3. The van der Waals surface area contributed by atoms with Crippen molar-refractivity contribution in [3.8, 4) is 0 Å². The molecular weight excluding hydrogens is 235 g/mol. The molecule has 1 unspecified atom stereocenters. The molecular formula is C10H29PSi3. The van der Waals surface area contributed by atoms with Gasteiger partial charge in [-0.15, -0.1) is 9.24 Å². The average molecular weight is 265 g/mol. The summed E-state index contributed by atoms with van der Waals surface area (Å²) in [6, 6.07) is 0. The first-order valence-corrected chi connectivity index (χ1v) is 16.6. The predicted molar refractivity (Wildman–Crippen MR) is 82.5 cm³/mol. The molecule has 0 nitrogen and oxygen atoms in total. The van der Waals surface area contributed by atoms with Crippen molar-refractivity contribution < 1.29 is 0 Å². The van der Waals surface area contributed by atoms with Gasteiger partial charge >= 0.3 is 0 Å². The summed E-state index contributed by atoms with van der Waals surface area (Å²) < 4.78 is 0.646. The predicted octanol–water partition coefficient (Wildman–Crippen LogP) is 4.23. The van der Waals surface area contributed by atoms with Crippen LogP contribution in [0.2, 0.25) is 58.9 Å². The summed E-state index contributed by atoms with van der Waals surface area (Å²) in [4.78, 5) is 0. The SMILES string of the molecule is C[Si](C)(C)C(P)([Si](C)(C)C)[Si](C)(C)C. The number of hydrogen-bond donors (Lipinski definition) is 0. The zero-order valence-corrected chi connectivity index (χ0v) is 15.7. The first-order valence-electron chi connectivity index (χ1n) is 5.54. The van der Waals surface area contributed by atoms with Gasteiger partial charge in [0.1, 0.15) is 0 Å². The third-order valence-electron chi connectivity index (χ3n) is 3.55. The molecule has 0 aromatic carbocycles. The molecule has 0 spiro atoms. The van der Waals surface area contributed by atoms with E-state index in [0.29, 0.717) is 4.03 Å². The molecule has 0 N–H and O–H groups in total. The van der Waals surface area contributed by atoms with Crippen molar-refractivity contribution in [1.82, 2.24) is 0 Å². The highest BCUT2D eigenvalue weighted by molar-refractivity contribution is 7.45. The summed E-state index contributed by atoms with van der Waals surface area (Å²) in [7, 11) is 0.0521. The van der Waals surface area contributed by atoms with Gasteiger partial charge < -0.3 is 0 Å². The first kappa shape index (κ1) is 15.1. The Hall–Kier alpha value is 1.08. The molecule has 0 fully saturated rings. The normalized spacial score (nSPS) is 15.9. The van der Waals surface area contributed by atoms with Crippen LogP contribution < -0.4 is 0 Å². The third-order valence-corrected chi connectivity index (χ3v) is 31.9. The van der Waals surface area contributed by atoms with Gasteiger partial charge in [0, 0.05) is 24.2 Å². The highest BCUT2D eigenvalue weighted by Gasteiger charge is 2.56. The minimum Gasteiger partial charge on any atom is -0.140 e. The molecule has 0 saturated carbocycles. The van der Waals surface area contributed by atoms with Crippen LogP contribution in [0.3, 0.4) is 0 Å².